The monoisotopic (exact) mass is 489 g/mol. The fraction of sp³-hybridized carbons (Fsp3) is 0.0476. The molecule has 0 saturated carbocycles. The first kappa shape index (κ1) is 21.5. The van der Waals surface area contributed by atoms with Gasteiger partial charge in [-0.1, -0.05) is 35.4 Å². The molecule has 0 bridgehead atoms. The molecule has 6 nitrogen and oxygen atoms in total. The van der Waals surface area contributed by atoms with E-state index in [1.807, 2.05) is 0 Å². The number of nitrogens with one attached hydrogen (secondary N) is 1. The van der Waals surface area contributed by atoms with E-state index in [2.05, 4.69) is 5.32 Å². The Morgan fingerprint density at radius 2 is 1.81 bits per heavy atom. The summed E-state index contributed by atoms with van der Waals surface area (Å²) in [6, 6.07) is 12.4. The molecule has 2 aromatic carbocycles. The summed E-state index contributed by atoms with van der Waals surface area (Å²) in [7, 11) is 0. The molecule has 1 N–H and O–H groups in total. The topological polar surface area (TPSA) is 69.7 Å². The second-order valence-corrected chi connectivity index (χ2v) is 8.98. The minimum absolute atomic E-state index is 0.260. The number of amides is 4. The minimum atomic E-state index is -0.462. The van der Waals surface area contributed by atoms with E-state index in [1.54, 1.807) is 43.3 Å². The predicted molar refractivity (Wildman–Crippen MR) is 128 cm³/mol. The van der Waals surface area contributed by atoms with Crippen molar-refractivity contribution in [3.05, 3.63) is 74.6 Å². The number of imide groups is 1. The van der Waals surface area contributed by atoms with E-state index < -0.39 is 17.8 Å². The van der Waals surface area contributed by atoms with Crippen molar-refractivity contribution in [3.8, 4) is 0 Å². The van der Waals surface area contributed by atoms with Crippen LogP contribution >= 0.6 is 46.8 Å². The normalized spacial score (nSPS) is 12.7. The van der Waals surface area contributed by atoms with E-state index in [9.17, 15) is 14.4 Å². The summed E-state index contributed by atoms with van der Waals surface area (Å²) in [4.78, 5) is 40.7. The smallest absolute Gasteiger partial charge is 0.299 e. The lowest BCUT2D eigenvalue weighted by Gasteiger charge is -2.21. The molecular weight excluding hydrogens is 477 g/mol. The molecule has 10 heteroatoms. The average Bonchev–Trinajstić information content (AvgIpc) is 3.23. The molecule has 156 valence electrons. The highest BCUT2D eigenvalue weighted by Crippen LogP contribution is 2.34. The zero-order valence-corrected chi connectivity index (χ0v) is 19.0. The van der Waals surface area contributed by atoms with Gasteiger partial charge in [0.15, 0.2) is 0 Å². The fourth-order valence-corrected chi connectivity index (χ4v) is 4.57. The molecule has 4 rings (SSSR count). The summed E-state index contributed by atoms with van der Waals surface area (Å²) < 4.78 is 0.548. The molecule has 31 heavy (non-hydrogen) atoms. The minimum Gasteiger partial charge on any atom is -0.299 e. The number of thiocarbonyl (C=S) groups is 1. The van der Waals surface area contributed by atoms with Crippen LogP contribution in [0.1, 0.15) is 26.3 Å². The first-order valence-electron chi connectivity index (χ1n) is 8.90. The summed E-state index contributed by atoms with van der Waals surface area (Å²) in [5.41, 5.74) is 3.29. The number of urea groups is 1. The number of carbonyl (C=O) groups is 3. The first-order chi connectivity index (χ1) is 14.8. The third-order valence-corrected chi connectivity index (χ3v) is 6.27. The van der Waals surface area contributed by atoms with Gasteiger partial charge in [-0.05, 0) is 61.0 Å². The highest BCUT2D eigenvalue weighted by Gasteiger charge is 2.37. The number of hydrogen-bond donors (Lipinski definition) is 1. The summed E-state index contributed by atoms with van der Waals surface area (Å²) in [6.45, 7) is 1.74. The van der Waals surface area contributed by atoms with Gasteiger partial charge in [-0.15, -0.1) is 11.3 Å². The molecule has 0 saturated heterocycles. The molecule has 1 aliphatic heterocycles. The highest BCUT2D eigenvalue weighted by molar-refractivity contribution is 7.79. The lowest BCUT2D eigenvalue weighted by atomic mass is 10.1. The van der Waals surface area contributed by atoms with Crippen LogP contribution in [0.5, 0.6) is 0 Å². The van der Waals surface area contributed by atoms with Crippen LogP contribution in [0, 0.1) is 6.92 Å². The Kier molecular flexibility index (Phi) is 5.81. The van der Waals surface area contributed by atoms with Crippen molar-refractivity contribution in [2.24, 2.45) is 0 Å². The number of carbonyl (C=O) groups excluding carboxylic acids is 3. The molecule has 3 aromatic rings. The zero-order valence-electron chi connectivity index (χ0n) is 15.9. The summed E-state index contributed by atoms with van der Waals surface area (Å²) in [5, 5.41) is 3.68. The van der Waals surface area contributed by atoms with Gasteiger partial charge in [0, 0.05) is 5.02 Å². The molecule has 1 aromatic heterocycles. The van der Waals surface area contributed by atoms with Gasteiger partial charge in [-0.25, -0.2) is 9.69 Å². The number of rotatable bonds is 4. The Bertz CT molecular complexity index is 1260. The standard InChI is InChI=1S/C21H13Cl2N3O3S2/c1-11-8-13(25(10-30)21(29)24-18-7-6-17(23)31-18)3-5-16(11)26-19(27)14-4-2-12(22)9-15(14)20(26)28/h2-10H,1H3,(H,24,29). The van der Waals surface area contributed by atoms with Crippen molar-refractivity contribution in [1.29, 1.82) is 0 Å². The van der Waals surface area contributed by atoms with Crippen LogP contribution in [0.2, 0.25) is 9.36 Å². The molecule has 1 aliphatic rings. The molecular formula is C21H13Cl2N3O3S2. The zero-order chi connectivity index (χ0) is 22.3. The van der Waals surface area contributed by atoms with Gasteiger partial charge in [-0.3, -0.25) is 19.8 Å². The molecule has 0 unspecified atom stereocenters. The number of hydrogen-bond acceptors (Lipinski definition) is 5. The lowest BCUT2D eigenvalue weighted by Crippen LogP contribution is -2.33. The maximum atomic E-state index is 12.8. The average molecular weight is 490 g/mol. The van der Waals surface area contributed by atoms with Crippen LogP contribution in [0.4, 0.5) is 21.2 Å². The third kappa shape index (κ3) is 3.95. The maximum Gasteiger partial charge on any atom is 0.331 e. The van der Waals surface area contributed by atoms with Gasteiger partial charge in [-0.2, -0.15) is 0 Å². The Labute approximate surface area is 197 Å². The first-order valence-corrected chi connectivity index (χ1v) is 10.9. The Morgan fingerprint density at radius 3 is 2.45 bits per heavy atom. The van der Waals surface area contributed by atoms with Crippen molar-refractivity contribution in [2.75, 3.05) is 15.1 Å². The van der Waals surface area contributed by atoms with Gasteiger partial charge in [0.25, 0.3) is 11.8 Å². The van der Waals surface area contributed by atoms with Crippen molar-refractivity contribution >= 4 is 86.5 Å². The fourth-order valence-electron chi connectivity index (χ4n) is 3.25. The quantitative estimate of drug-likeness (QED) is 0.351. The Balaban J connectivity index is 1.62. The predicted octanol–water partition coefficient (Wildman–Crippen LogP) is 6.16. The number of thiophene rings is 1. The van der Waals surface area contributed by atoms with Crippen LogP contribution in [0.25, 0.3) is 0 Å². The number of benzene rings is 2. The van der Waals surface area contributed by atoms with Crippen molar-refractivity contribution < 1.29 is 14.4 Å². The van der Waals surface area contributed by atoms with E-state index in [4.69, 9.17) is 35.4 Å². The lowest BCUT2D eigenvalue weighted by molar-refractivity contribution is 0.0926. The number of halogens is 2. The van der Waals surface area contributed by atoms with Crippen molar-refractivity contribution in [3.63, 3.8) is 0 Å². The van der Waals surface area contributed by atoms with Crippen LogP contribution in [-0.4, -0.2) is 23.3 Å². The molecule has 0 radical (unpaired) electrons. The summed E-state index contributed by atoms with van der Waals surface area (Å²) >= 11 is 18.1. The van der Waals surface area contributed by atoms with Gasteiger partial charge in [0.2, 0.25) is 0 Å². The number of nitrogens with zero attached hydrogens (tertiary/aromatic N) is 2. The SMILES string of the molecule is Cc1cc(N(C=S)C(=O)Nc2ccc(Cl)s2)ccc1N1C(=O)c2ccc(Cl)cc2C1=O. The van der Waals surface area contributed by atoms with E-state index in [0.717, 1.165) is 4.90 Å². The maximum absolute atomic E-state index is 12.8. The van der Waals surface area contributed by atoms with Crippen molar-refractivity contribution in [1.82, 2.24) is 0 Å². The van der Waals surface area contributed by atoms with E-state index in [-0.39, 0.29) is 5.56 Å². The van der Waals surface area contributed by atoms with E-state index >= 15 is 0 Å². The number of anilines is 3. The summed E-state index contributed by atoms with van der Waals surface area (Å²) in [5.74, 6) is -0.871. The number of fused-ring (bicyclic) bond motifs is 1. The van der Waals surface area contributed by atoms with Gasteiger partial charge in [0.05, 0.1) is 37.3 Å². The van der Waals surface area contributed by atoms with Crippen LogP contribution < -0.4 is 15.1 Å². The number of aryl methyl sites for hydroxylation is 1. The second kappa shape index (κ2) is 8.39. The van der Waals surface area contributed by atoms with Gasteiger partial charge >= 0.3 is 6.03 Å². The molecule has 0 aliphatic carbocycles. The molecule has 0 fully saturated rings. The van der Waals surface area contributed by atoms with Crippen LogP contribution in [-0.2, 0) is 0 Å². The van der Waals surface area contributed by atoms with Gasteiger partial charge in [0.1, 0.15) is 0 Å². The third-order valence-electron chi connectivity index (χ3n) is 4.68. The van der Waals surface area contributed by atoms with E-state index in [0.29, 0.717) is 36.9 Å². The van der Waals surface area contributed by atoms with Crippen LogP contribution in [0.3, 0.4) is 0 Å². The van der Waals surface area contributed by atoms with Crippen molar-refractivity contribution in [2.45, 2.75) is 6.92 Å². The Hall–Kier alpha value is -2.78. The molecule has 4 amide bonds. The van der Waals surface area contributed by atoms with Crippen LogP contribution in [0.15, 0.2) is 48.5 Å². The molecule has 2 heterocycles. The van der Waals surface area contributed by atoms with E-state index in [1.165, 1.54) is 33.9 Å². The largest absolute Gasteiger partial charge is 0.331 e. The molecule has 0 spiro atoms. The second-order valence-electron chi connectivity index (χ2n) is 6.62. The highest BCUT2D eigenvalue weighted by atomic mass is 35.5. The summed E-state index contributed by atoms with van der Waals surface area (Å²) in [6.07, 6.45) is 0. The Morgan fingerprint density at radius 1 is 1.06 bits per heavy atom. The van der Waals surface area contributed by atoms with Gasteiger partial charge < -0.3 is 0 Å². The molecule has 0 atom stereocenters.